The molecule has 0 heterocycles. The lowest BCUT2D eigenvalue weighted by Crippen LogP contribution is -2.21. The van der Waals surface area contributed by atoms with Crippen molar-refractivity contribution in [3.8, 4) is 5.75 Å². The summed E-state index contributed by atoms with van der Waals surface area (Å²) in [5.41, 5.74) is -0.289. The van der Waals surface area contributed by atoms with Crippen LogP contribution in [0.3, 0.4) is 0 Å². The molecule has 0 spiro atoms. The largest absolute Gasteiger partial charge is 0.506 e. The third kappa shape index (κ3) is 2.88. The zero-order valence-electron chi connectivity index (χ0n) is 6.36. The van der Waals surface area contributed by atoms with Gasteiger partial charge in [0.1, 0.15) is 11.6 Å². The van der Waals surface area contributed by atoms with E-state index < -0.39 is 21.8 Å². The van der Waals surface area contributed by atoms with Gasteiger partial charge >= 0.3 is 0 Å². The highest BCUT2D eigenvalue weighted by Gasteiger charge is 2.07. The number of aromatic hydroxyl groups is 1. The minimum atomic E-state index is -3.99. The first kappa shape index (κ1) is 9.75. The number of halogens is 1. The van der Waals surface area contributed by atoms with Crippen LogP contribution in [0, 0.1) is 5.82 Å². The van der Waals surface area contributed by atoms with E-state index in [1.165, 1.54) is 0 Å². The van der Waals surface area contributed by atoms with Gasteiger partial charge in [0.25, 0.3) is 10.2 Å². The van der Waals surface area contributed by atoms with Crippen molar-refractivity contribution in [1.82, 2.24) is 0 Å². The zero-order valence-corrected chi connectivity index (χ0v) is 7.18. The van der Waals surface area contributed by atoms with Crippen LogP contribution < -0.4 is 9.86 Å². The molecule has 0 radical (unpaired) electrons. The van der Waals surface area contributed by atoms with Gasteiger partial charge in [-0.15, -0.1) is 0 Å². The van der Waals surface area contributed by atoms with Crippen molar-refractivity contribution in [3.05, 3.63) is 24.0 Å². The standard InChI is InChI=1S/C6H7FN2O3S/c7-4-1-2-6(10)5(3-4)9-13(8,11)12/h1-3,9-10H,(H2,8,11,12). The monoisotopic (exact) mass is 206 g/mol. The summed E-state index contributed by atoms with van der Waals surface area (Å²) in [4.78, 5) is 0. The number of hydrogen-bond donors (Lipinski definition) is 3. The molecule has 0 aromatic heterocycles. The highest BCUT2D eigenvalue weighted by Crippen LogP contribution is 2.23. The summed E-state index contributed by atoms with van der Waals surface area (Å²) in [5, 5.41) is 13.7. The van der Waals surface area contributed by atoms with Crippen LogP contribution in [0.4, 0.5) is 10.1 Å². The molecule has 0 bridgehead atoms. The van der Waals surface area contributed by atoms with E-state index in [0.29, 0.717) is 0 Å². The highest BCUT2D eigenvalue weighted by atomic mass is 32.2. The van der Waals surface area contributed by atoms with Gasteiger partial charge in [0.05, 0.1) is 5.69 Å². The van der Waals surface area contributed by atoms with Gasteiger partial charge in [0, 0.05) is 6.07 Å². The van der Waals surface area contributed by atoms with Crippen LogP contribution in [0.5, 0.6) is 5.75 Å². The molecule has 1 aromatic carbocycles. The predicted octanol–water partition coefficient (Wildman–Crippen LogP) is 0.147. The molecular formula is C6H7FN2O3S. The molecule has 0 aliphatic carbocycles. The second-order valence-corrected chi connectivity index (χ2v) is 3.60. The minimum Gasteiger partial charge on any atom is -0.506 e. The molecule has 1 aromatic rings. The van der Waals surface area contributed by atoms with Crippen LogP contribution in [0.25, 0.3) is 0 Å². The van der Waals surface area contributed by atoms with E-state index in [1.807, 2.05) is 0 Å². The average Bonchev–Trinajstić information content (AvgIpc) is 1.94. The molecular weight excluding hydrogens is 199 g/mol. The average molecular weight is 206 g/mol. The van der Waals surface area contributed by atoms with Crippen LogP contribution in [-0.4, -0.2) is 13.5 Å². The summed E-state index contributed by atoms with van der Waals surface area (Å²) in [5.74, 6) is -1.07. The van der Waals surface area contributed by atoms with Crippen molar-refractivity contribution in [2.45, 2.75) is 0 Å². The van der Waals surface area contributed by atoms with Gasteiger partial charge in [0.15, 0.2) is 0 Å². The summed E-state index contributed by atoms with van der Waals surface area (Å²) in [6.45, 7) is 0. The van der Waals surface area contributed by atoms with Crippen molar-refractivity contribution < 1.29 is 17.9 Å². The van der Waals surface area contributed by atoms with E-state index in [9.17, 15) is 12.8 Å². The maximum atomic E-state index is 12.5. The number of rotatable bonds is 2. The first-order chi connectivity index (χ1) is 5.88. The van der Waals surface area contributed by atoms with E-state index >= 15 is 0 Å². The topological polar surface area (TPSA) is 92.4 Å². The Labute approximate surface area is 74.2 Å². The van der Waals surface area contributed by atoms with Gasteiger partial charge in [-0.05, 0) is 12.1 Å². The van der Waals surface area contributed by atoms with Crippen LogP contribution in [-0.2, 0) is 10.2 Å². The van der Waals surface area contributed by atoms with Crippen LogP contribution in [0.2, 0.25) is 0 Å². The van der Waals surface area contributed by atoms with Gasteiger partial charge in [-0.1, -0.05) is 0 Å². The van der Waals surface area contributed by atoms with Crippen LogP contribution in [0.15, 0.2) is 18.2 Å². The maximum absolute atomic E-state index is 12.5. The fraction of sp³-hybridized carbons (Fsp3) is 0. The lowest BCUT2D eigenvalue weighted by molar-refractivity contribution is 0.475. The van der Waals surface area contributed by atoms with Gasteiger partial charge in [-0.25, -0.2) is 9.53 Å². The molecule has 0 saturated carbocycles. The smallest absolute Gasteiger partial charge is 0.296 e. The molecule has 5 nitrogen and oxygen atoms in total. The second kappa shape index (κ2) is 3.19. The van der Waals surface area contributed by atoms with Crippen molar-refractivity contribution in [1.29, 1.82) is 0 Å². The number of phenolic OH excluding ortho intramolecular Hbond substituents is 1. The van der Waals surface area contributed by atoms with Gasteiger partial charge in [-0.3, -0.25) is 4.72 Å². The van der Waals surface area contributed by atoms with Crippen LogP contribution >= 0.6 is 0 Å². The molecule has 0 fully saturated rings. The number of benzene rings is 1. The normalized spacial score (nSPS) is 11.2. The Morgan fingerprint density at radius 1 is 1.46 bits per heavy atom. The van der Waals surface area contributed by atoms with E-state index in [0.717, 1.165) is 18.2 Å². The number of anilines is 1. The van der Waals surface area contributed by atoms with Gasteiger partial charge in [0.2, 0.25) is 0 Å². The second-order valence-electron chi connectivity index (χ2n) is 2.31. The van der Waals surface area contributed by atoms with Gasteiger partial charge < -0.3 is 5.11 Å². The first-order valence-corrected chi connectivity index (χ1v) is 4.72. The Bertz CT molecular complexity index is 418. The van der Waals surface area contributed by atoms with E-state index in [2.05, 4.69) is 5.14 Å². The Morgan fingerprint density at radius 3 is 2.62 bits per heavy atom. The zero-order chi connectivity index (χ0) is 10.1. The summed E-state index contributed by atoms with van der Waals surface area (Å²) < 4.78 is 35.3. The molecule has 7 heteroatoms. The molecule has 0 atom stereocenters. The molecule has 0 aliphatic heterocycles. The summed E-state index contributed by atoms with van der Waals surface area (Å²) in [6, 6.07) is 2.83. The molecule has 4 N–H and O–H groups in total. The van der Waals surface area contributed by atoms with E-state index in [-0.39, 0.29) is 5.69 Å². The molecule has 0 unspecified atom stereocenters. The van der Waals surface area contributed by atoms with Crippen molar-refractivity contribution in [2.24, 2.45) is 5.14 Å². The van der Waals surface area contributed by atoms with Gasteiger partial charge in [-0.2, -0.15) is 8.42 Å². The lowest BCUT2D eigenvalue weighted by atomic mass is 10.3. The fourth-order valence-corrected chi connectivity index (χ4v) is 1.21. The number of phenols is 1. The Balaban J connectivity index is 3.08. The first-order valence-electron chi connectivity index (χ1n) is 3.17. The number of nitrogens with two attached hydrogens (primary N) is 1. The molecule has 13 heavy (non-hydrogen) atoms. The number of nitrogens with one attached hydrogen (secondary N) is 1. The van der Waals surface area contributed by atoms with E-state index in [4.69, 9.17) is 5.11 Å². The summed E-state index contributed by atoms with van der Waals surface area (Å²) in [7, 11) is -3.99. The lowest BCUT2D eigenvalue weighted by Gasteiger charge is -2.04. The maximum Gasteiger partial charge on any atom is 0.296 e. The van der Waals surface area contributed by atoms with Crippen molar-refractivity contribution in [2.75, 3.05) is 4.72 Å². The molecule has 0 saturated heterocycles. The molecule has 1 rings (SSSR count). The van der Waals surface area contributed by atoms with Crippen LogP contribution in [0.1, 0.15) is 0 Å². The van der Waals surface area contributed by atoms with E-state index in [1.54, 1.807) is 4.72 Å². The Kier molecular flexibility index (Phi) is 2.39. The minimum absolute atomic E-state index is 0.289. The van der Waals surface area contributed by atoms with Crippen molar-refractivity contribution in [3.63, 3.8) is 0 Å². The molecule has 0 amide bonds. The Morgan fingerprint density at radius 2 is 2.08 bits per heavy atom. The third-order valence-corrected chi connectivity index (χ3v) is 1.72. The summed E-state index contributed by atoms with van der Waals surface area (Å²) in [6.07, 6.45) is 0. The highest BCUT2D eigenvalue weighted by molar-refractivity contribution is 7.90. The quantitative estimate of drug-likeness (QED) is 0.601. The molecule has 0 aliphatic rings. The predicted molar refractivity (Wildman–Crippen MR) is 44.8 cm³/mol. The fourth-order valence-electron chi connectivity index (χ4n) is 0.743. The van der Waals surface area contributed by atoms with Crippen molar-refractivity contribution >= 4 is 15.9 Å². The number of hydrogen-bond acceptors (Lipinski definition) is 3. The SMILES string of the molecule is NS(=O)(=O)Nc1cc(F)ccc1O. The summed E-state index contributed by atoms with van der Waals surface area (Å²) >= 11 is 0. The Hall–Kier alpha value is -1.34. The molecule has 72 valence electrons. The third-order valence-electron chi connectivity index (χ3n) is 1.21.